The second-order valence-corrected chi connectivity index (χ2v) is 8.71. The molecule has 1 aliphatic carbocycles. The molecule has 0 saturated carbocycles. The summed E-state index contributed by atoms with van der Waals surface area (Å²) in [6.07, 6.45) is -1.40. The summed E-state index contributed by atoms with van der Waals surface area (Å²) in [6.45, 7) is 3.63. The number of carbonyl (C=O) groups is 3. The molecule has 0 bridgehead atoms. The van der Waals surface area contributed by atoms with Gasteiger partial charge in [-0.15, -0.1) is 0 Å². The Morgan fingerprint density at radius 3 is 2.15 bits per heavy atom. The van der Waals surface area contributed by atoms with Gasteiger partial charge in [0.1, 0.15) is 12.7 Å². The number of hydrogen-bond donors (Lipinski definition) is 3. The van der Waals surface area contributed by atoms with Gasteiger partial charge in [0.15, 0.2) is 0 Å². The molecule has 8 heteroatoms. The van der Waals surface area contributed by atoms with E-state index in [0.29, 0.717) is 0 Å². The van der Waals surface area contributed by atoms with Crippen LogP contribution in [0.2, 0.25) is 0 Å². The van der Waals surface area contributed by atoms with Crippen molar-refractivity contribution in [3.05, 3.63) is 59.7 Å². The van der Waals surface area contributed by atoms with E-state index < -0.39 is 29.6 Å². The number of alkyl carbamates (subject to hydrolysis) is 1. The highest BCUT2D eigenvalue weighted by Gasteiger charge is 2.30. The van der Waals surface area contributed by atoms with Gasteiger partial charge in [-0.1, -0.05) is 48.5 Å². The van der Waals surface area contributed by atoms with E-state index in [-0.39, 0.29) is 31.9 Å². The Morgan fingerprint density at radius 1 is 1.03 bits per heavy atom. The minimum atomic E-state index is -1.01. The normalized spacial score (nSPS) is 13.5. The van der Waals surface area contributed by atoms with Gasteiger partial charge in [0, 0.05) is 31.5 Å². The molecule has 0 heterocycles. The Morgan fingerprint density at radius 2 is 1.61 bits per heavy atom. The highest BCUT2D eigenvalue weighted by molar-refractivity contribution is 5.82. The van der Waals surface area contributed by atoms with Gasteiger partial charge in [0.2, 0.25) is 5.91 Å². The summed E-state index contributed by atoms with van der Waals surface area (Å²) >= 11 is 0. The van der Waals surface area contributed by atoms with Crippen molar-refractivity contribution in [2.75, 3.05) is 20.3 Å². The third kappa shape index (κ3) is 6.10. The van der Waals surface area contributed by atoms with Gasteiger partial charge in [-0.2, -0.15) is 0 Å². The number of hydrogen-bond acceptors (Lipinski definition) is 5. The second-order valence-electron chi connectivity index (χ2n) is 8.71. The zero-order valence-corrected chi connectivity index (χ0v) is 19.1. The highest BCUT2D eigenvalue weighted by Crippen LogP contribution is 2.44. The van der Waals surface area contributed by atoms with Crippen LogP contribution in [-0.2, 0) is 19.1 Å². The molecule has 0 spiro atoms. The van der Waals surface area contributed by atoms with Crippen molar-refractivity contribution in [3.63, 3.8) is 0 Å². The van der Waals surface area contributed by atoms with Crippen LogP contribution < -0.4 is 10.6 Å². The van der Waals surface area contributed by atoms with Crippen LogP contribution in [0.4, 0.5) is 4.79 Å². The lowest BCUT2D eigenvalue weighted by Crippen LogP contribution is -2.50. The van der Waals surface area contributed by atoms with Crippen molar-refractivity contribution >= 4 is 18.0 Å². The summed E-state index contributed by atoms with van der Waals surface area (Å²) in [4.78, 5) is 35.6. The number of amides is 2. The number of aliphatic carboxylic acids is 1. The number of rotatable bonds is 10. The summed E-state index contributed by atoms with van der Waals surface area (Å²) in [5.74, 6) is -1.47. The molecule has 2 amide bonds. The SMILES string of the molecule is COC(CCNC(=O)OCC1c2ccccc2-c2ccccc21)C(=O)NC(C)(C)CC(=O)O. The number of methoxy groups -OCH3 is 1. The molecule has 1 unspecified atom stereocenters. The summed E-state index contributed by atoms with van der Waals surface area (Å²) in [5, 5.41) is 14.3. The first-order valence-electron chi connectivity index (χ1n) is 10.9. The minimum Gasteiger partial charge on any atom is -0.481 e. The molecule has 33 heavy (non-hydrogen) atoms. The molecule has 8 nitrogen and oxygen atoms in total. The van der Waals surface area contributed by atoms with E-state index >= 15 is 0 Å². The first-order chi connectivity index (χ1) is 15.7. The van der Waals surface area contributed by atoms with Gasteiger partial charge in [0.05, 0.1) is 6.42 Å². The first kappa shape index (κ1) is 24.3. The van der Waals surface area contributed by atoms with Crippen LogP contribution in [0.15, 0.2) is 48.5 Å². The number of benzene rings is 2. The monoisotopic (exact) mass is 454 g/mol. The average Bonchev–Trinajstić information content (AvgIpc) is 3.07. The number of ether oxygens (including phenoxy) is 2. The smallest absolute Gasteiger partial charge is 0.407 e. The van der Waals surface area contributed by atoms with Crippen molar-refractivity contribution in [1.82, 2.24) is 10.6 Å². The summed E-state index contributed by atoms with van der Waals surface area (Å²) < 4.78 is 10.7. The molecule has 1 atom stereocenters. The molecule has 0 radical (unpaired) electrons. The van der Waals surface area contributed by atoms with E-state index in [0.717, 1.165) is 22.3 Å². The molecule has 2 aromatic carbocycles. The van der Waals surface area contributed by atoms with Crippen LogP contribution in [0.3, 0.4) is 0 Å². The van der Waals surface area contributed by atoms with Crippen molar-refractivity contribution in [3.8, 4) is 11.1 Å². The van der Waals surface area contributed by atoms with Gasteiger partial charge in [-0.05, 0) is 36.1 Å². The van der Waals surface area contributed by atoms with Crippen LogP contribution in [0, 0.1) is 0 Å². The fourth-order valence-corrected chi connectivity index (χ4v) is 4.15. The molecule has 0 aliphatic heterocycles. The van der Waals surface area contributed by atoms with E-state index in [9.17, 15) is 14.4 Å². The Kier molecular flexibility index (Phi) is 7.71. The number of carboxylic acids is 1. The van der Waals surface area contributed by atoms with E-state index in [1.807, 2.05) is 24.3 Å². The van der Waals surface area contributed by atoms with Gasteiger partial charge < -0.3 is 25.2 Å². The topological polar surface area (TPSA) is 114 Å². The lowest BCUT2D eigenvalue weighted by molar-refractivity contribution is -0.139. The predicted molar refractivity (Wildman–Crippen MR) is 123 cm³/mol. The molecule has 0 fully saturated rings. The van der Waals surface area contributed by atoms with Crippen molar-refractivity contribution in [1.29, 1.82) is 0 Å². The number of carbonyl (C=O) groups excluding carboxylic acids is 2. The number of fused-ring (bicyclic) bond motifs is 3. The third-order valence-electron chi connectivity index (χ3n) is 5.65. The lowest BCUT2D eigenvalue weighted by Gasteiger charge is -2.27. The summed E-state index contributed by atoms with van der Waals surface area (Å²) in [5.41, 5.74) is 3.65. The maximum absolute atomic E-state index is 12.4. The molecule has 176 valence electrons. The van der Waals surface area contributed by atoms with E-state index in [1.165, 1.54) is 7.11 Å². The third-order valence-corrected chi connectivity index (χ3v) is 5.65. The standard InChI is InChI=1S/C25H30N2O6/c1-25(2,14-22(28)29)27-23(30)21(32-3)12-13-26-24(31)33-15-20-18-10-6-4-8-16(18)17-9-5-7-11-19(17)20/h4-11,20-21H,12-15H2,1-3H3,(H,26,31)(H,27,30)(H,28,29). The lowest BCUT2D eigenvalue weighted by atomic mass is 9.98. The van der Waals surface area contributed by atoms with Gasteiger partial charge in [-0.25, -0.2) is 4.79 Å². The Labute approximate surface area is 193 Å². The van der Waals surface area contributed by atoms with Gasteiger partial charge in [0.25, 0.3) is 0 Å². The maximum atomic E-state index is 12.4. The molecule has 1 aliphatic rings. The molecule has 3 N–H and O–H groups in total. The van der Waals surface area contributed by atoms with E-state index in [4.69, 9.17) is 14.6 Å². The summed E-state index contributed by atoms with van der Waals surface area (Å²) in [6, 6.07) is 16.2. The van der Waals surface area contributed by atoms with Crippen LogP contribution in [0.25, 0.3) is 11.1 Å². The number of nitrogens with one attached hydrogen (secondary N) is 2. The van der Waals surface area contributed by atoms with Crippen molar-refractivity contribution in [2.45, 2.75) is 44.2 Å². The summed E-state index contributed by atoms with van der Waals surface area (Å²) in [7, 11) is 1.39. The van der Waals surface area contributed by atoms with E-state index in [2.05, 4.69) is 34.9 Å². The molecule has 0 aromatic heterocycles. The van der Waals surface area contributed by atoms with Crippen molar-refractivity contribution in [2.24, 2.45) is 0 Å². The largest absolute Gasteiger partial charge is 0.481 e. The van der Waals surface area contributed by atoms with Gasteiger partial charge in [-0.3, -0.25) is 9.59 Å². The first-order valence-corrected chi connectivity index (χ1v) is 10.9. The van der Waals surface area contributed by atoms with Crippen LogP contribution in [0.1, 0.15) is 43.7 Å². The predicted octanol–water partition coefficient (Wildman–Crippen LogP) is 3.30. The van der Waals surface area contributed by atoms with Gasteiger partial charge >= 0.3 is 12.1 Å². The molecular formula is C25H30N2O6. The molecule has 0 saturated heterocycles. The second kappa shape index (κ2) is 10.5. The van der Waals surface area contributed by atoms with Crippen LogP contribution in [0.5, 0.6) is 0 Å². The fraction of sp³-hybridized carbons (Fsp3) is 0.400. The highest BCUT2D eigenvalue weighted by atomic mass is 16.5. The zero-order valence-electron chi connectivity index (χ0n) is 19.1. The van der Waals surface area contributed by atoms with Crippen LogP contribution in [-0.4, -0.2) is 55.0 Å². The average molecular weight is 455 g/mol. The van der Waals surface area contributed by atoms with Crippen molar-refractivity contribution < 1.29 is 29.0 Å². The Balaban J connectivity index is 1.49. The fourth-order valence-electron chi connectivity index (χ4n) is 4.15. The molecular weight excluding hydrogens is 424 g/mol. The number of carboxylic acid groups (broad SMARTS) is 1. The molecule has 2 aromatic rings. The zero-order chi connectivity index (χ0) is 24.0. The molecule has 3 rings (SSSR count). The van der Waals surface area contributed by atoms with Crippen LogP contribution >= 0.6 is 0 Å². The van der Waals surface area contributed by atoms with E-state index in [1.54, 1.807) is 13.8 Å². The Hall–Kier alpha value is -3.39. The Bertz CT molecular complexity index is 974. The minimum absolute atomic E-state index is 0.0304. The maximum Gasteiger partial charge on any atom is 0.407 e. The quantitative estimate of drug-likeness (QED) is 0.508.